The average molecular weight is 335 g/mol. The molecule has 1 aromatic rings. The Kier molecular flexibility index (Phi) is 8.61. The van der Waals surface area contributed by atoms with E-state index in [9.17, 15) is 0 Å². The van der Waals surface area contributed by atoms with Crippen LogP contribution in [0.2, 0.25) is 0 Å². The van der Waals surface area contributed by atoms with Gasteiger partial charge in [0.15, 0.2) is 5.96 Å². The van der Waals surface area contributed by atoms with Gasteiger partial charge < -0.3 is 20.3 Å². The normalized spacial score (nSPS) is 14.6. The Bertz CT molecular complexity index is 497. The van der Waals surface area contributed by atoms with Crippen molar-refractivity contribution in [3.63, 3.8) is 0 Å². The van der Waals surface area contributed by atoms with Gasteiger partial charge in [-0.05, 0) is 51.6 Å². The third kappa shape index (κ3) is 6.40. The van der Waals surface area contributed by atoms with E-state index in [1.807, 2.05) is 12.1 Å². The standard InChI is InChI=1S/C19H34N4O/c1-8-20-19(22-15(4)14(2)3)21-13-18(23(5)6)16-9-11-17(24-7)12-10-16/h9-12,14-15,18H,8,13H2,1-7H3,(H2,20,21,22). The van der Waals surface area contributed by atoms with Crippen LogP contribution >= 0.6 is 0 Å². The van der Waals surface area contributed by atoms with E-state index in [2.05, 4.69) is 69.5 Å². The molecule has 2 unspecified atom stereocenters. The maximum Gasteiger partial charge on any atom is 0.191 e. The lowest BCUT2D eigenvalue weighted by atomic mass is 10.1. The van der Waals surface area contributed by atoms with Gasteiger partial charge in [0.05, 0.1) is 19.7 Å². The molecule has 136 valence electrons. The van der Waals surface area contributed by atoms with Gasteiger partial charge in [0.1, 0.15) is 5.75 Å². The molecule has 0 fully saturated rings. The van der Waals surface area contributed by atoms with Crippen LogP contribution in [0.4, 0.5) is 0 Å². The minimum Gasteiger partial charge on any atom is -0.497 e. The SMILES string of the molecule is CCNC(=NCC(c1ccc(OC)cc1)N(C)C)NC(C)C(C)C. The Morgan fingerprint density at radius 3 is 2.25 bits per heavy atom. The zero-order valence-electron chi connectivity index (χ0n) is 16.3. The number of nitrogens with zero attached hydrogens (tertiary/aromatic N) is 2. The second-order valence-corrected chi connectivity index (χ2v) is 6.65. The van der Waals surface area contributed by atoms with Gasteiger partial charge in [0.25, 0.3) is 0 Å². The molecule has 0 heterocycles. The van der Waals surface area contributed by atoms with Crippen molar-refractivity contribution in [1.29, 1.82) is 0 Å². The van der Waals surface area contributed by atoms with Gasteiger partial charge in [-0.1, -0.05) is 26.0 Å². The van der Waals surface area contributed by atoms with Gasteiger partial charge in [-0.3, -0.25) is 4.99 Å². The van der Waals surface area contributed by atoms with E-state index >= 15 is 0 Å². The average Bonchev–Trinajstić information content (AvgIpc) is 2.55. The van der Waals surface area contributed by atoms with E-state index < -0.39 is 0 Å². The number of aliphatic imine (C=N–C) groups is 1. The highest BCUT2D eigenvalue weighted by atomic mass is 16.5. The molecule has 1 rings (SSSR count). The van der Waals surface area contributed by atoms with Crippen LogP contribution in [0.1, 0.15) is 39.3 Å². The summed E-state index contributed by atoms with van der Waals surface area (Å²) in [5, 5.41) is 6.81. The zero-order chi connectivity index (χ0) is 18.1. The molecule has 0 aliphatic rings. The van der Waals surface area contributed by atoms with Gasteiger partial charge in [-0.25, -0.2) is 0 Å². The molecule has 5 nitrogen and oxygen atoms in total. The van der Waals surface area contributed by atoms with Crippen molar-refractivity contribution in [3.05, 3.63) is 29.8 Å². The number of rotatable bonds is 8. The van der Waals surface area contributed by atoms with Gasteiger partial charge in [-0.15, -0.1) is 0 Å². The second kappa shape index (κ2) is 10.2. The molecule has 0 amide bonds. The molecule has 0 aliphatic heterocycles. The number of hydrogen-bond donors (Lipinski definition) is 2. The monoisotopic (exact) mass is 334 g/mol. The van der Waals surface area contributed by atoms with Crippen molar-refractivity contribution in [3.8, 4) is 5.75 Å². The van der Waals surface area contributed by atoms with E-state index in [0.29, 0.717) is 18.5 Å². The first-order valence-electron chi connectivity index (χ1n) is 8.74. The molecule has 0 aliphatic carbocycles. The molecule has 2 N–H and O–H groups in total. The molecule has 0 saturated carbocycles. The summed E-state index contributed by atoms with van der Waals surface area (Å²) in [4.78, 5) is 6.99. The Hall–Kier alpha value is -1.75. The molecule has 2 atom stereocenters. The van der Waals surface area contributed by atoms with Crippen LogP contribution in [-0.2, 0) is 0 Å². The van der Waals surface area contributed by atoms with Crippen molar-refractivity contribution in [1.82, 2.24) is 15.5 Å². The molecule has 5 heteroatoms. The van der Waals surface area contributed by atoms with Crippen LogP contribution in [-0.4, -0.2) is 51.2 Å². The van der Waals surface area contributed by atoms with Gasteiger partial charge in [-0.2, -0.15) is 0 Å². The Morgan fingerprint density at radius 1 is 1.17 bits per heavy atom. The minimum absolute atomic E-state index is 0.223. The van der Waals surface area contributed by atoms with Gasteiger partial charge in [0.2, 0.25) is 0 Å². The van der Waals surface area contributed by atoms with Gasteiger partial charge >= 0.3 is 0 Å². The second-order valence-electron chi connectivity index (χ2n) is 6.65. The molecule has 0 radical (unpaired) electrons. The Balaban J connectivity index is 2.87. The maximum absolute atomic E-state index is 5.24. The van der Waals surface area contributed by atoms with Gasteiger partial charge in [0, 0.05) is 12.6 Å². The van der Waals surface area contributed by atoms with Crippen LogP contribution in [0.5, 0.6) is 5.75 Å². The van der Waals surface area contributed by atoms with Crippen molar-refractivity contribution in [2.45, 2.75) is 39.8 Å². The van der Waals surface area contributed by atoms with E-state index in [4.69, 9.17) is 9.73 Å². The summed E-state index contributed by atoms with van der Waals surface area (Å²) in [5.74, 6) is 2.31. The number of guanidine groups is 1. The molecule has 0 spiro atoms. The molecule has 1 aromatic carbocycles. The van der Waals surface area contributed by atoms with E-state index in [0.717, 1.165) is 18.3 Å². The predicted molar refractivity (Wildman–Crippen MR) is 103 cm³/mol. The summed E-state index contributed by atoms with van der Waals surface area (Å²) < 4.78 is 5.24. The molecule has 0 aromatic heterocycles. The summed E-state index contributed by atoms with van der Waals surface area (Å²) in [5.41, 5.74) is 1.23. The van der Waals surface area contributed by atoms with Crippen molar-refractivity contribution in [2.24, 2.45) is 10.9 Å². The first kappa shape index (κ1) is 20.3. The third-order valence-electron chi connectivity index (χ3n) is 4.25. The third-order valence-corrected chi connectivity index (χ3v) is 4.25. The Morgan fingerprint density at radius 2 is 1.79 bits per heavy atom. The maximum atomic E-state index is 5.24. The number of hydrogen-bond acceptors (Lipinski definition) is 3. The van der Waals surface area contributed by atoms with Crippen LogP contribution in [0, 0.1) is 5.92 Å². The van der Waals surface area contributed by atoms with Crippen LogP contribution in [0.15, 0.2) is 29.3 Å². The zero-order valence-corrected chi connectivity index (χ0v) is 16.3. The largest absolute Gasteiger partial charge is 0.497 e. The smallest absolute Gasteiger partial charge is 0.191 e. The molecule has 0 bridgehead atoms. The summed E-state index contributed by atoms with van der Waals surface area (Å²) in [6.07, 6.45) is 0. The predicted octanol–water partition coefficient (Wildman–Crippen LogP) is 2.90. The first-order valence-corrected chi connectivity index (χ1v) is 8.74. The molecular weight excluding hydrogens is 300 g/mol. The van der Waals surface area contributed by atoms with Crippen molar-refractivity contribution >= 4 is 5.96 Å². The lowest BCUT2D eigenvalue weighted by molar-refractivity contribution is 0.305. The van der Waals surface area contributed by atoms with E-state index in [1.54, 1.807) is 7.11 Å². The molecule has 0 saturated heterocycles. The summed E-state index contributed by atoms with van der Waals surface area (Å²) >= 11 is 0. The Labute approximate surface area is 147 Å². The fourth-order valence-electron chi connectivity index (χ4n) is 2.27. The number of benzene rings is 1. The fourth-order valence-corrected chi connectivity index (χ4v) is 2.27. The summed E-state index contributed by atoms with van der Waals surface area (Å²) in [6, 6.07) is 8.81. The first-order chi connectivity index (χ1) is 11.4. The lowest BCUT2D eigenvalue weighted by Gasteiger charge is -2.25. The van der Waals surface area contributed by atoms with E-state index in [-0.39, 0.29) is 6.04 Å². The number of ether oxygens (including phenoxy) is 1. The summed E-state index contributed by atoms with van der Waals surface area (Å²) in [7, 11) is 5.86. The van der Waals surface area contributed by atoms with Crippen molar-refractivity contribution < 1.29 is 4.74 Å². The minimum atomic E-state index is 0.223. The quantitative estimate of drug-likeness (QED) is 0.567. The number of nitrogens with one attached hydrogen (secondary N) is 2. The highest BCUT2D eigenvalue weighted by molar-refractivity contribution is 5.80. The number of likely N-dealkylation sites (N-methyl/N-ethyl adjacent to an activating group) is 1. The highest BCUT2D eigenvalue weighted by Crippen LogP contribution is 2.21. The van der Waals surface area contributed by atoms with Crippen LogP contribution in [0.25, 0.3) is 0 Å². The summed E-state index contributed by atoms with van der Waals surface area (Å²) in [6.45, 7) is 10.2. The molecular formula is C19H34N4O. The topological polar surface area (TPSA) is 48.9 Å². The van der Waals surface area contributed by atoms with Crippen LogP contribution < -0.4 is 15.4 Å². The highest BCUT2D eigenvalue weighted by Gasteiger charge is 2.15. The van der Waals surface area contributed by atoms with E-state index in [1.165, 1.54) is 5.56 Å². The number of methoxy groups -OCH3 is 1. The van der Waals surface area contributed by atoms with Crippen LogP contribution in [0.3, 0.4) is 0 Å². The fraction of sp³-hybridized carbons (Fsp3) is 0.632. The van der Waals surface area contributed by atoms with Crippen molar-refractivity contribution in [2.75, 3.05) is 34.3 Å². The lowest BCUT2D eigenvalue weighted by Crippen LogP contribution is -2.44. The molecule has 24 heavy (non-hydrogen) atoms.